The van der Waals surface area contributed by atoms with Crippen molar-refractivity contribution in [2.75, 3.05) is 5.88 Å². The predicted octanol–water partition coefficient (Wildman–Crippen LogP) is 3.73. The van der Waals surface area contributed by atoms with Crippen LogP contribution in [0.5, 0.6) is 0 Å². The Labute approximate surface area is 105 Å². The first-order chi connectivity index (χ1) is 7.61. The lowest BCUT2D eigenvalue weighted by atomic mass is 10.1. The summed E-state index contributed by atoms with van der Waals surface area (Å²) in [6.07, 6.45) is 6.57. The van der Waals surface area contributed by atoms with Crippen LogP contribution in [0.3, 0.4) is 0 Å². The Kier molecular flexibility index (Phi) is 9.80. The fourth-order valence-corrected chi connectivity index (χ4v) is 1.98. The Morgan fingerprint density at radius 3 is 2.31 bits per heavy atom. The molecule has 1 unspecified atom stereocenters. The standard InChI is InChI=1S/C13H26ClNO/c1-4-5-6-7-8-9-13(16)15-12(10-14)11(2)3/h11-12H,4-10H2,1-3H3,(H,15,16). The normalized spacial score (nSPS) is 12.8. The molecule has 0 aliphatic heterocycles. The maximum absolute atomic E-state index is 11.6. The largest absolute Gasteiger partial charge is 0.352 e. The molecule has 0 saturated carbocycles. The quantitative estimate of drug-likeness (QED) is 0.488. The third-order valence-corrected chi connectivity index (χ3v) is 3.16. The average Bonchev–Trinajstić information content (AvgIpc) is 2.25. The SMILES string of the molecule is CCCCCCCC(=O)NC(CCl)C(C)C. The minimum atomic E-state index is 0.116. The van der Waals surface area contributed by atoms with Crippen molar-refractivity contribution < 1.29 is 4.79 Å². The average molecular weight is 248 g/mol. The summed E-state index contributed by atoms with van der Waals surface area (Å²) in [5, 5.41) is 2.99. The molecule has 0 spiro atoms. The number of carbonyl (C=O) groups excluding carboxylic acids is 1. The van der Waals surface area contributed by atoms with Gasteiger partial charge in [-0.15, -0.1) is 11.6 Å². The van der Waals surface area contributed by atoms with E-state index < -0.39 is 0 Å². The van der Waals surface area contributed by atoms with Gasteiger partial charge in [0, 0.05) is 18.3 Å². The van der Waals surface area contributed by atoms with Crippen molar-refractivity contribution >= 4 is 17.5 Å². The van der Waals surface area contributed by atoms with Gasteiger partial charge < -0.3 is 5.32 Å². The minimum Gasteiger partial charge on any atom is -0.352 e. The molecule has 0 heterocycles. The highest BCUT2D eigenvalue weighted by Gasteiger charge is 2.14. The van der Waals surface area contributed by atoms with Gasteiger partial charge in [0.1, 0.15) is 0 Å². The van der Waals surface area contributed by atoms with Gasteiger partial charge in [-0.05, 0) is 12.3 Å². The Morgan fingerprint density at radius 2 is 1.81 bits per heavy atom. The second-order valence-electron chi connectivity index (χ2n) is 4.74. The second kappa shape index (κ2) is 9.95. The summed E-state index contributed by atoms with van der Waals surface area (Å²) < 4.78 is 0. The molecule has 0 bridgehead atoms. The molecule has 0 fully saturated rings. The van der Waals surface area contributed by atoms with E-state index in [2.05, 4.69) is 26.1 Å². The van der Waals surface area contributed by atoms with Gasteiger partial charge in [0.15, 0.2) is 0 Å². The van der Waals surface area contributed by atoms with E-state index in [1.165, 1.54) is 19.3 Å². The molecular formula is C13H26ClNO. The number of hydrogen-bond donors (Lipinski definition) is 1. The van der Waals surface area contributed by atoms with Crippen molar-refractivity contribution in [1.29, 1.82) is 0 Å². The molecule has 3 heteroatoms. The smallest absolute Gasteiger partial charge is 0.220 e. The summed E-state index contributed by atoms with van der Waals surface area (Å²) in [7, 11) is 0. The number of carbonyl (C=O) groups is 1. The summed E-state index contributed by atoms with van der Waals surface area (Å²) in [5.41, 5.74) is 0. The van der Waals surface area contributed by atoms with E-state index in [4.69, 9.17) is 11.6 Å². The first kappa shape index (κ1) is 15.8. The summed E-state index contributed by atoms with van der Waals surface area (Å²) in [6.45, 7) is 6.35. The zero-order valence-corrected chi connectivity index (χ0v) is 11.6. The van der Waals surface area contributed by atoms with E-state index in [0.29, 0.717) is 18.2 Å². The van der Waals surface area contributed by atoms with Crippen LogP contribution < -0.4 is 5.32 Å². The van der Waals surface area contributed by atoms with Crippen molar-refractivity contribution in [2.24, 2.45) is 5.92 Å². The number of hydrogen-bond acceptors (Lipinski definition) is 1. The summed E-state index contributed by atoms with van der Waals surface area (Å²) >= 11 is 5.79. The molecule has 0 aliphatic rings. The Morgan fingerprint density at radius 1 is 1.19 bits per heavy atom. The fourth-order valence-electron chi connectivity index (χ4n) is 1.55. The number of nitrogens with one attached hydrogen (secondary N) is 1. The van der Waals surface area contributed by atoms with Gasteiger partial charge >= 0.3 is 0 Å². The van der Waals surface area contributed by atoms with Gasteiger partial charge in [-0.3, -0.25) is 4.79 Å². The van der Waals surface area contributed by atoms with Crippen molar-refractivity contribution in [2.45, 2.75) is 65.3 Å². The molecule has 0 aromatic rings. The first-order valence-electron chi connectivity index (χ1n) is 6.47. The highest BCUT2D eigenvalue weighted by molar-refractivity contribution is 6.18. The lowest BCUT2D eigenvalue weighted by Crippen LogP contribution is -2.39. The van der Waals surface area contributed by atoms with Crippen LogP contribution in [0.2, 0.25) is 0 Å². The molecule has 0 rings (SSSR count). The van der Waals surface area contributed by atoms with Crippen LogP contribution in [-0.2, 0) is 4.79 Å². The molecule has 1 amide bonds. The van der Waals surface area contributed by atoms with Crippen LogP contribution >= 0.6 is 11.6 Å². The van der Waals surface area contributed by atoms with Crippen LogP contribution in [0.4, 0.5) is 0 Å². The Hall–Kier alpha value is -0.240. The maximum atomic E-state index is 11.6. The minimum absolute atomic E-state index is 0.116. The summed E-state index contributed by atoms with van der Waals surface area (Å²) in [4.78, 5) is 11.6. The van der Waals surface area contributed by atoms with Crippen LogP contribution in [0.25, 0.3) is 0 Å². The van der Waals surface area contributed by atoms with Crippen molar-refractivity contribution in [1.82, 2.24) is 5.32 Å². The molecule has 0 aromatic carbocycles. The molecule has 1 atom stereocenters. The first-order valence-corrected chi connectivity index (χ1v) is 7.00. The van der Waals surface area contributed by atoms with E-state index in [9.17, 15) is 4.79 Å². The highest BCUT2D eigenvalue weighted by atomic mass is 35.5. The van der Waals surface area contributed by atoms with Gasteiger partial charge in [-0.2, -0.15) is 0 Å². The maximum Gasteiger partial charge on any atom is 0.220 e. The topological polar surface area (TPSA) is 29.1 Å². The van der Waals surface area contributed by atoms with Gasteiger partial charge in [-0.1, -0.05) is 46.5 Å². The molecule has 0 radical (unpaired) electrons. The molecule has 16 heavy (non-hydrogen) atoms. The van der Waals surface area contributed by atoms with E-state index in [1.807, 2.05) is 0 Å². The Bertz CT molecular complexity index is 183. The van der Waals surface area contributed by atoms with E-state index in [1.54, 1.807) is 0 Å². The van der Waals surface area contributed by atoms with Crippen LogP contribution in [0, 0.1) is 5.92 Å². The molecule has 96 valence electrons. The van der Waals surface area contributed by atoms with Crippen molar-refractivity contribution in [3.8, 4) is 0 Å². The molecule has 0 aliphatic carbocycles. The second-order valence-corrected chi connectivity index (χ2v) is 5.05. The zero-order chi connectivity index (χ0) is 12.4. The lowest BCUT2D eigenvalue weighted by molar-refractivity contribution is -0.122. The van der Waals surface area contributed by atoms with Crippen LogP contribution in [0.15, 0.2) is 0 Å². The van der Waals surface area contributed by atoms with E-state index >= 15 is 0 Å². The van der Waals surface area contributed by atoms with Gasteiger partial charge in [-0.25, -0.2) is 0 Å². The number of rotatable bonds is 9. The van der Waals surface area contributed by atoms with Crippen LogP contribution in [0.1, 0.15) is 59.3 Å². The summed E-state index contributed by atoms with van der Waals surface area (Å²) in [5.74, 6) is 1.05. The molecule has 0 saturated heterocycles. The molecular weight excluding hydrogens is 222 g/mol. The van der Waals surface area contributed by atoms with Crippen LogP contribution in [-0.4, -0.2) is 17.8 Å². The zero-order valence-electron chi connectivity index (χ0n) is 10.9. The van der Waals surface area contributed by atoms with Gasteiger partial charge in [0.05, 0.1) is 0 Å². The monoisotopic (exact) mass is 247 g/mol. The number of unbranched alkanes of at least 4 members (excludes halogenated alkanes) is 4. The van der Waals surface area contributed by atoms with Crippen molar-refractivity contribution in [3.05, 3.63) is 0 Å². The van der Waals surface area contributed by atoms with E-state index in [0.717, 1.165) is 12.8 Å². The predicted molar refractivity (Wildman–Crippen MR) is 70.9 cm³/mol. The molecule has 0 aromatic heterocycles. The Balaban J connectivity index is 3.57. The van der Waals surface area contributed by atoms with Gasteiger partial charge in [0.25, 0.3) is 0 Å². The highest BCUT2D eigenvalue weighted by Crippen LogP contribution is 2.07. The number of alkyl halides is 1. The fraction of sp³-hybridized carbons (Fsp3) is 0.923. The van der Waals surface area contributed by atoms with Crippen molar-refractivity contribution in [3.63, 3.8) is 0 Å². The third-order valence-electron chi connectivity index (χ3n) is 2.82. The summed E-state index contributed by atoms with van der Waals surface area (Å²) in [6, 6.07) is 0.116. The third kappa shape index (κ3) is 7.98. The molecule has 2 nitrogen and oxygen atoms in total. The lowest BCUT2D eigenvalue weighted by Gasteiger charge is -2.19. The van der Waals surface area contributed by atoms with Gasteiger partial charge in [0.2, 0.25) is 5.91 Å². The molecule has 1 N–H and O–H groups in total. The number of amides is 1. The number of halogens is 1. The van der Waals surface area contributed by atoms with E-state index in [-0.39, 0.29) is 11.9 Å².